The molecule has 4 rings (SSSR count). The van der Waals surface area contributed by atoms with Crippen molar-refractivity contribution in [3.8, 4) is 5.75 Å². The standard InChI is InChI=1S/C24H21BrClN3O2/c1-16(27-24(30)17-5-4-6-18(25)15-17)23-28-21-7-2-3-8-22(21)29(23)13-14-31-20-11-9-19(26)10-12-20/h2-12,15-16H,13-14H2,1H3,(H,27,30). The molecule has 0 fully saturated rings. The number of benzene rings is 3. The number of carbonyl (C=O) groups excluding carboxylic acids is 1. The second-order valence-electron chi connectivity index (χ2n) is 7.12. The molecule has 1 amide bonds. The molecule has 3 aromatic carbocycles. The van der Waals surface area contributed by atoms with Crippen LogP contribution in [0.2, 0.25) is 5.02 Å². The Morgan fingerprint density at radius 3 is 2.68 bits per heavy atom. The van der Waals surface area contributed by atoms with E-state index in [1.165, 1.54) is 0 Å². The number of carbonyl (C=O) groups is 1. The molecule has 0 saturated carbocycles. The Balaban J connectivity index is 1.53. The maximum atomic E-state index is 12.7. The predicted octanol–water partition coefficient (Wildman–Crippen LogP) is 6.02. The fourth-order valence-corrected chi connectivity index (χ4v) is 3.94. The van der Waals surface area contributed by atoms with Gasteiger partial charge in [-0.1, -0.05) is 45.7 Å². The van der Waals surface area contributed by atoms with Gasteiger partial charge in [-0.05, 0) is 61.5 Å². The van der Waals surface area contributed by atoms with Crippen molar-refractivity contribution in [3.05, 3.63) is 93.7 Å². The lowest BCUT2D eigenvalue weighted by atomic mass is 10.2. The Morgan fingerprint density at radius 1 is 1.13 bits per heavy atom. The molecule has 7 heteroatoms. The first-order valence-electron chi connectivity index (χ1n) is 9.91. The first-order valence-corrected chi connectivity index (χ1v) is 11.1. The van der Waals surface area contributed by atoms with Crippen LogP contribution < -0.4 is 10.1 Å². The van der Waals surface area contributed by atoms with E-state index < -0.39 is 0 Å². The highest BCUT2D eigenvalue weighted by Gasteiger charge is 2.19. The molecule has 5 nitrogen and oxygen atoms in total. The van der Waals surface area contributed by atoms with Crippen molar-refractivity contribution in [2.24, 2.45) is 0 Å². The highest BCUT2D eigenvalue weighted by atomic mass is 79.9. The van der Waals surface area contributed by atoms with E-state index in [-0.39, 0.29) is 11.9 Å². The summed E-state index contributed by atoms with van der Waals surface area (Å²) in [6.07, 6.45) is 0. The van der Waals surface area contributed by atoms with Crippen LogP contribution in [0.3, 0.4) is 0 Å². The number of amides is 1. The third-order valence-corrected chi connectivity index (χ3v) is 5.65. The maximum absolute atomic E-state index is 12.7. The first kappa shape index (κ1) is 21.4. The lowest BCUT2D eigenvalue weighted by molar-refractivity contribution is 0.0937. The quantitative estimate of drug-likeness (QED) is 0.339. The fourth-order valence-electron chi connectivity index (χ4n) is 3.42. The molecule has 0 aliphatic heterocycles. The summed E-state index contributed by atoms with van der Waals surface area (Å²) in [6, 6.07) is 22.3. The van der Waals surface area contributed by atoms with Gasteiger partial charge in [0.1, 0.15) is 18.2 Å². The lowest BCUT2D eigenvalue weighted by Crippen LogP contribution is -2.29. The molecule has 158 valence electrons. The van der Waals surface area contributed by atoms with Crippen LogP contribution >= 0.6 is 27.5 Å². The number of hydrogen-bond acceptors (Lipinski definition) is 3. The summed E-state index contributed by atoms with van der Waals surface area (Å²) in [5.41, 5.74) is 2.48. The number of para-hydroxylation sites is 2. The molecule has 0 saturated heterocycles. The Morgan fingerprint density at radius 2 is 1.90 bits per heavy atom. The number of nitrogens with one attached hydrogen (secondary N) is 1. The van der Waals surface area contributed by atoms with Crippen LogP contribution in [0.4, 0.5) is 0 Å². The van der Waals surface area contributed by atoms with E-state index in [2.05, 4.69) is 25.8 Å². The van der Waals surface area contributed by atoms with Gasteiger partial charge in [0, 0.05) is 15.1 Å². The summed E-state index contributed by atoms with van der Waals surface area (Å²) in [4.78, 5) is 17.5. The lowest BCUT2D eigenvalue weighted by Gasteiger charge is -2.17. The van der Waals surface area contributed by atoms with Gasteiger partial charge in [0.05, 0.1) is 23.6 Å². The molecule has 0 spiro atoms. The zero-order valence-electron chi connectivity index (χ0n) is 16.9. The summed E-state index contributed by atoms with van der Waals surface area (Å²) in [5, 5.41) is 3.73. The molecule has 1 heterocycles. The van der Waals surface area contributed by atoms with Gasteiger partial charge in [0.25, 0.3) is 5.91 Å². The third kappa shape index (κ3) is 5.09. The van der Waals surface area contributed by atoms with Crippen LogP contribution in [-0.4, -0.2) is 22.1 Å². The van der Waals surface area contributed by atoms with Crippen LogP contribution in [0.15, 0.2) is 77.3 Å². The van der Waals surface area contributed by atoms with Crippen LogP contribution in [0.25, 0.3) is 11.0 Å². The summed E-state index contributed by atoms with van der Waals surface area (Å²) < 4.78 is 8.84. The first-order chi connectivity index (χ1) is 15.0. The second-order valence-corrected chi connectivity index (χ2v) is 8.47. The molecule has 0 radical (unpaired) electrons. The number of aromatic nitrogens is 2. The zero-order chi connectivity index (χ0) is 21.8. The van der Waals surface area contributed by atoms with Crippen LogP contribution in [0.5, 0.6) is 5.75 Å². The van der Waals surface area contributed by atoms with Crippen molar-refractivity contribution in [3.63, 3.8) is 0 Å². The highest BCUT2D eigenvalue weighted by Crippen LogP contribution is 2.22. The molecule has 4 aromatic rings. The molecule has 0 bridgehead atoms. The van der Waals surface area contributed by atoms with Crippen LogP contribution in [0, 0.1) is 0 Å². The van der Waals surface area contributed by atoms with E-state index >= 15 is 0 Å². The molecule has 1 aromatic heterocycles. The molecule has 0 aliphatic rings. The smallest absolute Gasteiger partial charge is 0.251 e. The van der Waals surface area contributed by atoms with Crippen molar-refractivity contribution in [1.82, 2.24) is 14.9 Å². The van der Waals surface area contributed by atoms with E-state index in [1.807, 2.05) is 55.5 Å². The van der Waals surface area contributed by atoms with Gasteiger partial charge < -0.3 is 14.6 Å². The number of halogens is 2. The summed E-state index contributed by atoms with van der Waals surface area (Å²) >= 11 is 9.35. The average Bonchev–Trinajstić information content (AvgIpc) is 3.14. The molecule has 1 atom stereocenters. The minimum absolute atomic E-state index is 0.148. The van der Waals surface area contributed by atoms with Crippen molar-refractivity contribution < 1.29 is 9.53 Å². The number of hydrogen-bond donors (Lipinski definition) is 1. The molecule has 1 unspecified atom stereocenters. The second kappa shape index (κ2) is 9.54. The predicted molar refractivity (Wildman–Crippen MR) is 127 cm³/mol. The Hall–Kier alpha value is -2.83. The average molecular weight is 499 g/mol. The van der Waals surface area contributed by atoms with Gasteiger partial charge in [-0.3, -0.25) is 4.79 Å². The van der Waals surface area contributed by atoms with E-state index in [9.17, 15) is 4.79 Å². The summed E-state index contributed by atoms with van der Waals surface area (Å²) in [5.74, 6) is 1.39. The van der Waals surface area contributed by atoms with Gasteiger partial charge in [-0.25, -0.2) is 4.98 Å². The molecular weight excluding hydrogens is 478 g/mol. The fraction of sp³-hybridized carbons (Fsp3) is 0.167. The van der Waals surface area contributed by atoms with E-state index in [4.69, 9.17) is 21.3 Å². The van der Waals surface area contributed by atoms with E-state index in [1.54, 1.807) is 24.3 Å². The number of nitrogens with zero attached hydrogens (tertiary/aromatic N) is 2. The third-order valence-electron chi connectivity index (χ3n) is 4.90. The number of rotatable bonds is 7. The number of imidazole rings is 1. The largest absolute Gasteiger partial charge is 0.492 e. The summed E-state index contributed by atoms with van der Waals surface area (Å²) in [7, 11) is 0. The van der Waals surface area contributed by atoms with Gasteiger partial charge in [-0.15, -0.1) is 0 Å². The summed E-state index contributed by atoms with van der Waals surface area (Å²) in [6.45, 7) is 2.99. The van der Waals surface area contributed by atoms with Crippen molar-refractivity contribution in [2.75, 3.05) is 6.61 Å². The zero-order valence-corrected chi connectivity index (χ0v) is 19.2. The Bertz CT molecular complexity index is 1210. The topological polar surface area (TPSA) is 56.2 Å². The van der Waals surface area contributed by atoms with E-state index in [0.29, 0.717) is 23.7 Å². The maximum Gasteiger partial charge on any atom is 0.251 e. The monoisotopic (exact) mass is 497 g/mol. The highest BCUT2D eigenvalue weighted by molar-refractivity contribution is 9.10. The molecular formula is C24H21BrClN3O2. The van der Waals surface area contributed by atoms with Gasteiger partial charge in [0.15, 0.2) is 0 Å². The minimum Gasteiger partial charge on any atom is -0.492 e. The number of fused-ring (bicyclic) bond motifs is 1. The van der Waals surface area contributed by atoms with E-state index in [0.717, 1.165) is 27.1 Å². The molecule has 31 heavy (non-hydrogen) atoms. The van der Waals surface area contributed by atoms with Gasteiger partial charge in [0.2, 0.25) is 0 Å². The van der Waals surface area contributed by atoms with Gasteiger partial charge in [-0.2, -0.15) is 0 Å². The van der Waals surface area contributed by atoms with Gasteiger partial charge >= 0.3 is 0 Å². The SMILES string of the molecule is CC(NC(=O)c1cccc(Br)c1)c1nc2ccccc2n1CCOc1ccc(Cl)cc1. The van der Waals surface area contributed by atoms with Crippen LogP contribution in [0.1, 0.15) is 29.1 Å². The minimum atomic E-state index is -0.283. The Kier molecular flexibility index (Phi) is 6.59. The normalized spacial score (nSPS) is 12.0. The van der Waals surface area contributed by atoms with Crippen molar-refractivity contribution in [1.29, 1.82) is 0 Å². The molecule has 0 aliphatic carbocycles. The molecule has 1 N–H and O–H groups in total. The van der Waals surface area contributed by atoms with Crippen LogP contribution in [-0.2, 0) is 6.54 Å². The number of ether oxygens (including phenoxy) is 1. The van der Waals surface area contributed by atoms with Crippen molar-refractivity contribution >= 4 is 44.5 Å². The van der Waals surface area contributed by atoms with Crippen molar-refractivity contribution in [2.45, 2.75) is 19.5 Å². The Labute approximate surface area is 194 Å².